The molecule has 1 saturated heterocycles. The molecule has 1 aliphatic rings. The second-order valence-corrected chi connectivity index (χ2v) is 9.79. The van der Waals surface area contributed by atoms with E-state index < -0.39 is 0 Å². The molecular formula is C26H32N4OS. The maximum atomic E-state index is 12.6. The highest BCUT2D eigenvalue weighted by Crippen LogP contribution is 2.28. The summed E-state index contributed by atoms with van der Waals surface area (Å²) in [6.45, 7) is 10.9. The Morgan fingerprint density at radius 1 is 0.969 bits per heavy atom. The summed E-state index contributed by atoms with van der Waals surface area (Å²) in [7, 11) is 0. The van der Waals surface area contributed by atoms with Crippen molar-refractivity contribution >= 4 is 17.2 Å². The van der Waals surface area contributed by atoms with Crippen LogP contribution in [0.5, 0.6) is 0 Å². The van der Waals surface area contributed by atoms with Gasteiger partial charge < -0.3 is 5.32 Å². The second kappa shape index (κ2) is 10.9. The van der Waals surface area contributed by atoms with Crippen LogP contribution in [0.3, 0.4) is 0 Å². The number of aryl methyl sites for hydroxylation is 2. The molecule has 0 spiro atoms. The van der Waals surface area contributed by atoms with Crippen LogP contribution in [0, 0.1) is 13.8 Å². The number of nitrogens with zero attached hydrogens (tertiary/aromatic N) is 3. The summed E-state index contributed by atoms with van der Waals surface area (Å²) >= 11 is 1.62. The number of benzene rings is 2. The molecule has 1 amide bonds. The third-order valence-electron chi connectivity index (χ3n) is 5.91. The third kappa shape index (κ3) is 6.25. The largest absolute Gasteiger partial charge is 0.355 e. The summed E-state index contributed by atoms with van der Waals surface area (Å²) in [5.74, 6) is 0.0738. The zero-order chi connectivity index (χ0) is 22.3. The Hall–Kier alpha value is -2.54. The SMILES string of the molecule is Cc1ccc(-c2nc(C)sc2CC(=O)NCCN2CCN(Cc3ccccc3)CC2)cc1. The average molecular weight is 449 g/mol. The minimum atomic E-state index is 0.0738. The Morgan fingerprint density at radius 2 is 1.66 bits per heavy atom. The monoisotopic (exact) mass is 448 g/mol. The molecule has 3 aromatic rings. The van der Waals surface area contributed by atoms with Crippen molar-refractivity contribution in [2.45, 2.75) is 26.8 Å². The molecule has 1 aliphatic heterocycles. The molecule has 0 radical (unpaired) electrons. The van der Waals surface area contributed by atoms with Gasteiger partial charge in [-0.1, -0.05) is 60.2 Å². The van der Waals surface area contributed by atoms with Crippen molar-refractivity contribution in [2.75, 3.05) is 39.3 Å². The molecule has 6 heteroatoms. The van der Waals surface area contributed by atoms with E-state index in [2.05, 4.69) is 81.6 Å². The maximum Gasteiger partial charge on any atom is 0.225 e. The number of piperazine rings is 1. The zero-order valence-electron chi connectivity index (χ0n) is 19.0. The van der Waals surface area contributed by atoms with Crippen molar-refractivity contribution in [1.29, 1.82) is 0 Å². The van der Waals surface area contributed by atoms with Gasteiger partial charge in [0, 0.05) is 56.3 Å². The van der Waals surface area contributed by atoms with Gasteiger partial charge in [-0.05, 0) is 19.4 Å². The predicted molar refractivity (Wildman–Crippen MR) is 132 cm³/mol. The molecule has 0 atom stereocenters. The van der Waals surface area contributed by atoms with Gasteiger partial charge in [0.2, 0.25) is 5.91 Å². The molecule has 0 bridgehead atoms. The highest BCUT2D eigenvalue weighted by atomic mass is 32.1. The Labute approximate surface area is 195 Å². The fourth-order valence-corrected chi connectivity index (χ4v) is 5.06. The van der Waals surface area contributed by atoms with Crippen molar-refractivity contribution in [1.82, 2.24) is 20.1 Å². The van der Waals surface area contributed by atoms with Gasteiger partial charge in [0.15, 0.2) is 0 Å². The summed E-state index contributed by atoms with van der Waals surface area (Å²) in [6.07, 6.45) is 0.388. The summed E-state index contributed by atoms with van der Waals surface area (Å²) in [5.41, 5.74) is 4.62. The van der Waals surface area contributed by atoms with E-state index in [9.17, 15) is 4.79 Å². The normalized spacial score (nSPS) is 15.1. The number of amides is 1. The Bertz CT molecular complexity index is 1010. The standard InChI is InChI=1S/C26H32N4OS/c1-20-8-10-23(11-9-20)26-24(32-21(2)28-26)18-25(31)27-12-13-29-14-16-30(17-15-29)19-22-6-4-3-5-7-22/h3-11H,12-19H2,1-2H3,(H,27,31). The molecule has 168 valence electrons. The summed E-state index contributed by atoms with van der Waals surface area (Å²) < 4.78 is 0. The van der Waals surface area contributed by atoms with Crippen LogP contribution >= 0.6 is 11.3 Å². The Balaban J connectivity index is 1.21. The van der Waals surface area contributed by atoms with E-state index in [0.29, 0.717) is 13.0 Å². The number of carbonyl (C=O) groups excluding carboxylic acids is 1. The first-order valence-corrected chi connectivity index (χ1v) is 12.2. The number of hydrogen-bond donors (Lipinski definition) is 1. The second-order valence-electron chi connectivity index (χ2n) is 8.50. The van der Waals surface area contributed by atoms with Gasteiger partial charge in [0.05, 0.1) is 17.1 Å². The minimum Gasteiger partial charge on any atom is -0.355 e. The lowest BCUT2D eigenvalue weighted by atomic mass is 10.1. The van der Waals surface area contributed by atoms with Crippen molar-refractivity contribution in [3.63, 3.8) is 0 Å². The quantitative estimate of drug-likeness (QED) is 0.568. The lowest BCUT2D eigenvalue weighted by Gasteiger charge is -2.34. The van der Waals surface area contributed by atoms with Crippen LogP contribution in [0.25, 0.3) is 11.3 Å². The van der Waals surface area contributed by atoms with E-state index in [1.165, 1.54) is 11.1 Å². The molecular weight excluding hydrogens is 416 g/mol. The van der Waals surface area contributed by atoms with Crippen LogP contribution in [0.4, 0.5) is 0 Å². The van der Waals surface area contributed by atoms with Gasteiger partial charge >= 0.3 is 0 Å². The van der Waals surface area contributed by atoms with Crippen LogP contribution in [-0.4, -0.2) is 60.0 Å². The van der Waals surface area contributed by atoms with Crippen LogP contribution in [0.2, 0.25) is 0 Å². The molecule has 1 fully saturated rings. The Morgan fingerprint density at radius 3 is 2.38 bits per heavy atom. The predicted octanol–water partition coefficient (Wildman–Crippen LogP) is 3.90. The summed E-state index contributed by atoms with van der Waals surface area (Å²) in [6, 6.07) is 19.0. The van der Waals surface area contributed by atoms with Crippen LogP contribution in [-0.2, 0) is 17.8 Å². The van der Waals surface area contributed by atoms with Crippen molar-refractivity contribution < 1.29 is 4.79 Å². The first kappa shape index (κ1) is 22.6. The number of aromatic nitrogens is 1. The highest BCUT2D eigenvalue weighted by Gasteiger charge is 2.18. The molecule has 0 saturated carbocycles. The van der Waals surface area contributed by atoms with Gasteiger partial charge in [-0.25, -0.2) is 4.98 Å². The van der Waals surface area contributed by atoms with E-state index in [0.717, 1.165) is 60.4 Å². The molecule has 5 nitrogen and oxygen atoms in total. The highest BCUT2D eigenvalue weighted by molar-refractivity contribution is 7.12. The fourth-order valence-electron chi connectivity index (χ4n) is 4.10. The molecule has 1 N–H and O–H groups in total. The first-order valence-electron chi connectivity index (χ1n) is 11.4. The van der Waals surface area contributed by atoms with Gasteiger partial charge in [0.25, 0.3) is 0 Å². The van der Waals surface area contributed by atoms with Crippen molar-refractivity contribution in [2.24, 2.45) is 0 Å². The van der Waals surface area contributed by atoms with Gasteiger partial charge in [0.1, 0.15) is 0 Å². The zero-order valence-corrected chi connectivity index (χ0v) is 19.8. The third-order valence-corrected chi connectivity index (χ3v) is 6.89. The van der Waals surface area contributed by atoms with Crippen LogP contribution in [0.15, 0.2) is 54.6 Å². The van der Waals surface area contributed by atoms with Gasteiger partial charge in [-0.15, -0.1) is 11.3 Å². The number of nitrogens with one attached hydrogen (secondary N) is 1. The smallest absolute Gasteiger partial charge is 0.225 e. The summed E-state index contributed by atoms with van der Waals surface area (Å²) in [4.78, 5) is 23.3. The van der Waals surface area contributed by atoms with E-state index in [1.807, 2.05) is 6.92 Å². The number of rotatable bonds is 8. The minimum absolute atomic E-state index is 0.0738. The average Bonchev–Trinajstić information content (AvgIpc) is 3.16. The fraction of sp³-hybridized carbons (Fsp3) is 0.385. The van der Waals surface area contributed by atoms with Crippen molar-refractivity contribution in [3.8, 4) is 11.3 Å². The van der Waals surface area contributed by atoms with Crippen molar-refractivity contribution in [3.05, 3.63) is 75.6 Å². The Kier molecular flexibility index (Phi) is 7.68. The molecule has 2 heterocycles. The molecule has 4 rings (SSSR count). The molecule has 1 aromatic heterocycles. The molecule has 0 unspecified atom stereocenters. The van der Waals surface area contributed by atoms with E-state index >= 15 is 0 Å². The van der Waals surface area contributed by atoms with Gasteiger partial charge in [-0.3, -0.25) is 14.6 Å². The lowest BCUT2D eigenvalue weighted by Crippen LogP contribution is -2.48. The topological polar surface area (TPSA) is 48.5 Å². The molecule has 2 aromatic carbocycles. The number of thiazole rings is 1. The van der Waals surface area contributed by atoms with E-state index in [4.69, 9.17) is 0 Å². The summed E-state index contributed by atoms with van der Waals surface area (Å²) in [5, 5.41) is 4.11. The number of carbonyl (C=O) groups is 1. The first-order chi connectivity index (χ1) is 15.6. The maximum absolute atomic E-state index is 12.6. The van der Waals surface area contributed by atoms with Crippen LogP contribution < -0.4 is 5.32 Å². The van der Waals surface area contributed by atoms with Crippen LogP contribution in [0.1, 0.15) is 21.0 Å². The molecule has 32 heavy (non-hydrogen) atoms. The lowest BCUT2D eigenvalue weighted by molar-refractivity contribution is -0.120. The van der Waals surface area contributed by atoms with E-state index in [-0.39, 0.29) is 5.91 Å². The van der Waals surface area contributed by atoms with Gasteiger partial charge in [-0.2, -0.15) is 0 Å². The number of hydrogen-bond acceptors (Lipinski definition) is 5. The van der Waals surface area contributed by atoms with E-state index in [1.54, 1.807) is 11.3 Å². The molecule has 0 aliphatic carbocycles.